The van der Waals surface area contributed by atoms with Crippen molar-refractivity contribution in [3.05, 3.63) is 0 Å². The molecule has 0 saturated heterocycles. The largest absolute Gasteiger partial charge is 0.372 e. The molecule has 3 nitrogen and oxygen atoms in total. The van der Waals surface area contributed by atoms with E-state index in [1.54, 1.807) is 0 Å². The Bertz CT molecular complexity index is 17.2. The molecule has 0 aliphatic rings. The third-order valence-corrected chi connectivity index (χ3v) is 0. The Hall–Kier alpha value is -0.570. The summed E-state index contributed by atoms with van der Waals surface area (Å²) < 4.78 is 0. The van der Waals surface area contributed by atoms with Gasteiger partial charge in [-0.15, -0.1) is 0 Å². The second-order valence-corrected chi connectivity index (χ2v) is 0.136. The molecule has 0 radical (unpaired) electrons. The van der Waals surface area contributed by atoms with E-state index in [9.17, 15) is 0 Å². The number of rotatable bonds is 0. The van der Waals surface area contributed by atoms with Gasteiger partial charge in [0.2, 0.25) is 6.41 Å². The predicted molar refractivity (Wildman–Crippen MR) is 31.7 cm³/mol. The Kier molecular flexibility index (Phi) is 1330. The van der Waals surface area contributed by atoms with Crippen LogP contribution in [-0.4, -0.2) is 13.5 Å². The van der Waals surface area contributed by atoms with Crippen LogP contribution in [0.5, 0.6) is 0 Å². The van der Waals surface area contributed by atoms with Crippen LogP contribution < -0.4 is 11.5 Å². The standard InChI is InChI=1S/C2H6.CH3NO.CH5N/c1-2;2-1-3;1-2/h1-2H3;1H,(H2,2,3);2H2,1H3. The van der Waals surface area contributed by atoms with Crippen molar-refractivity contribution in [2.24, 2.45) is 11.5 Å². The summed E-state index contributed by atoms with van der Waals surface area (Å²) in [5.74, 6) is 0. The molecular formula is C4H14N2O. The Balaban J connectivity index is -0.0000000360. The van der Waals surface area contributed by atoms with E-state index in [-0.39, 0.29) is 6.41 Å². The van der Waals surface area contributed by atoms with E-state index in [1.807, 2.05) is 13.8 Å². The van der Waals surface area contributed by atoms with Crippen LogP contribution in [0.4, 0.5) is 0 Å². The molecule has 0 unspecified atom stereocenters. The second-order valence-electron chi connectivity index (χ2n) is 0.136. The Labute approximate surface area is 44.7 Å². The van der Waals surface area contributed by atoms with Crippen molar-refractivity contribution >= 4 is 6.41 Å². The normalized spacial score (nSPS) is 3.43. The summed E-state index contributed by atoms with van der Waals surface area (Å²) >= 11 is 0. The van der Waals surface area contributed by atoms with E-state index in [4.69, 9.17) is 4.79 Å². The Morgan fingerprint density at radius 3 is 1.29 bits per heavy atom. The minimum absolute atomic E-state index is 0.250. The van der Waals surface area contributed by atoms with Gasteiger partial charge >= 0.3 is 0 Å². The van der Waals surface area contributed by atoms with Crippen molar-refractivity contribution in [3.8, 4) is 0 Å². The molecule has 0 atom stereocenters. The molecule has 4 N–H and O–H groups in total. The van der Waals surface area contributed by atoms with Gasteiger partial charge in [0, 0.05) is 0 Å². The maximum Gasteiger partial charge on any atom is 0.204 e. The highest BCUT2D eigenvalue weighted by atomic mass is 16.1. The van der Waals surface area contributed by atoms with E-state index in [0.717, 1.165) is 0 Å². The lowest BCUT2D eigenvalue weighted by molar-refractivity contribution is -0.106. The van der Waals surface area contributed by atoms with E-state index in [2.05, 4.69) is 11.5 Å². The van der Waals surface area contributed by atoms with Crippen LogP contribution in [0, 0.1) is 0 Å². The van der Waals surface area contributed by atoms with Gasteiger partial charge in [0.05, 0.1) is 0 Å². The third-order valence-electron chi connectivity index (χ3n) is 0. The fourth-order valence-corrected chi connectivity index (χ4v) is 0. The quantitative estimate of drug-likeness (QED) is 0.416. The first-order valence-corrected chi connectivity index (χ1v) is 2.15. The molecule has 0 aliphatic heterocycles. The molecule has 0 bridgehead atoms. The highest BCUT2D eigenvalue weighted by Gasteiger charge is 1.19. The zero-order chi connectivity index (χ0) is 6.71. The van der Waals surface area contributed by atoms with Crippen molar-refractivity contribution < 1.29 is 4.79 Å². The van der Waals surface area contributed by atoms with E-state index in [0.29, 0.717) is 0 Å². The Morgan fingerprint density at radius 1 is 1.29 bits per heavy atom. The van der Waals surface area contributed by atoms with Gasteiger partial charge in [-0.1, -0.05) is 13.8 Å². The number of amides is 1. The lowest BCUT2D eigenvalue weighted by Crippen LogP contribution is -1.82. The summed E-state index contributed by atoms with van der Waals surface area (Å²) in [6.07, 6.45) is 0.250. The topological polar surface area (TPSA) is 69.1 Å². The first-order chi connectivity index (χ1) is 3.41. The molecular weight excluding hydrogens is 92.1 g/mol. The molecule has 0 rings (SSSR count). The van der Waals surface area contributed by atoms with Crippen LogP contribution in [0.15, 0.2) is 0 Å². The van der Waals surface area contributed by atoms with E-state index < -0.39 is 0 Å². The molecule has 0 aromatic carbocycles. The molecule has 1 amide bonds. The number of primary amides is 1. The molecule has 0 fully saturated rings. The summed E-state index contributed by atoms with van der Waals surface area (Å²) in [5, 5.41) is 0. The van der Waals surface area contributed by atoms with Gasteiger partial charge in [-0.25, -0.2) is 0 Å². The summed E-state index contributed by atoms with van der Waals surface area (Å²) in [6.45, 7) is 4.00. The summed E-state index contributed by atoms with van der Waals surface area (Å²) in [7, 11) is 1.50. The summed E-state index contributed by atoms with van der Waals surface area (Å²) in [4.78, 5) is 8.58. The van der Waals surface area contributed by atoms with Gasteiger partial charge < -0.3 is 11.5 Å². The fourth-order valence-electron chi connectivity index (χ4n) is 0. The Morgan fingerprint density at radius 2 is 1.29 bits per heavy atom. The molecule has 0 aliphatic carbocycles. The first kappa shape index (κ1) is 16.1. The van der Waals surface area contributed by atoms with Gasteiger partial charge in [0.25, 0.3) is 0 Å². The monoisotopic (exact) mass is 106 g/mol. The number of hydrogen-bond donors (Lipinski definition) is 2. The highest BCUT2D eigenvalue weighted by Crippen LogP contribution is 1.14. The molecule has 0 heterocycles. The lowest BCUT2D eigenvalue weighted by Gasteiger charge is -1.32. The average molecular weight is 106 g/mol. The smallest absolute Gasteiger partial charge is 0.204 e. The van der Waals surface area contributed by atoms with Crippen LogP contribution in [-0.2, 0) is 4.79 Å². The molecule has 7 heavy (non-hydrogen) atoms. The predicted octanol–water partition coefficient (Wildman–Crippen LogP) is -0.297. The number of nitrogens with two attached hydrogens (primary N) is 2. The molecule has 0 spiro atoms. The third kappa shape index (κ3) is 197. The van der Waals surface area contributed by atoms with Crippen molar-refractivity contribution in [2.45, 2.75) is 13.8 Å². The highest BCUT2D eigenvalue weighted by molar-refractivity contribution is 5.42. The van der Waals surface area contributed by atoms with Crippen LogP contribution in [0.2, 0.25) is 0 Å². The number of carbonyl (C=O) groups excluding carboxylic acids is 1. The molecule has 0 aromatic rings. The molecule has 46 valence electrons. The van der Waals surface area contributed by atoms with Crippen LogP contribution in [0.3, 0.4) is 0 Å². The molecule has 0 saturated carbocycles. The lowest BCUT2D eigenvalue weighted by atomic mass is 11.0. The van der Waals surface area contributed by atoms with Crippen molar-refractivity contribution in [1.82, 2.24) is 0 Å². The van der Waals surface area contributed by atoms with Gasteiger partial charge in [0.15, 0.2) is 0 Å². The van der Waals surface area contributed by atoms with E-state index >= 15 is 0 Å². The second kappa shape index (κ2) is 576. The summed E-state index contributed by atoms with van der Waals surface area (Å²) in [5.41, 5.74) is 8.67. The minimum atomic E-state index is 0.250. The van der Waals surface area contributed by atoms with Gasteiger partial charge in [0.1, 0.15) is 0 Å². The van der Waals surface area contributed by atoms with Crippen LogP contribution in [0.25, 0.3) is 0 Å². The number of carbonyl (C=O) groups is 1. The van der Waals surface area contributed by atoms with Crippen LogP contribution in [0.1, 0.15) is 13.8 Å². The SMILES string of the molecule is CC.CN.NC=O. The maximum atomic E-state index is 8.58. The number of hydrogen-bond acceptors (Lipinski definition) is 2. The van der Waals surface area contributed by atoms with Crippen molar-refractivity contribution in [3.63, 3.8) is 0 Å². The zero-order valence-electron chi connectivity index (χ0n) is 5.14. The van der Waals surface area contributed by atoms with Crippen LogP contribution >= 0.6 is 0 Å². The average Bonchev–Trinajstić information content (AvgIpc) is 1.78. The van der Waals surface area contributed by atoms with Crippen molar-refractivity contribution in [1.29, 1.82) is 0 Å². The van der Waals surface area contributed by atoms with Gasteiger partial charge in [-0.2, -0.15) is 0 Å². The van der Waals surface area contributed by atoms with Gasteiger partial charge in [-0.3, -0.25) is 4.79 Å². The molecule has 3 heteroatoms. The van der Waals surface area contributed by atoms with Crippen molar-refractivity contribution in [2.75, 3.05) is 7.05 Å². The zero-order valence-corrected chi connectivity index (χ0v) is 5.14. The molecule has 0 aromatic heterocycles. The fraction of sp³-hybridized carbons (Fsp3) is 0.750. The maximum absolute atomic E-state index is 8.58. The van der Waals surface area contributed by atoms with E-state index in [1.165, 1.54) is 7.05 Å². The summed E-state index contributed by atoms with van der Waals surface area (Å²) in [6, 6.07) is 0. The van der Waals surface area contributed by atoms with Gasteiger partial charge in [-0.05, 0) is 7.05 Å². The minimum Gasteiger partial charge on any atom is -0.372 e. The first-order valence-electron chi connectivity index (χ1n) is 2.15.